The first kappa shape index (κ1) is 6.43. The van der Waals surface area contributed by atoms with Crippen LogP contribution in [0.4, 0.5) is 17.1 Å². The fraction of sp³-hybridized carbons (Fsp3) is 0. The van der Waals surface area contributed by atoms with Gasteiger partial charge in [0.2, 0.25) is 0 Å². The largest absolute Gasteiger partial charge is 0.400 e. The molecule has 0 radical (unpaired) electrons. The van der Waals surface area contributed by atoms with E-state index < -0.39 is 0 Å². The molecule has 0 saturated carbocycles. The third-order valence-corrected chi connectivity index (χ3v) is 1.09. The first-order valence-electron chi connectivity index (χ1n) is 2.76. The van der Waals surface area contributed by atoms with Crippen molar-refractivity contribution in [1.82, 2.24) is 0 Å². The van der Waals surface area contributed by atoms with Crippen LogP contribution in [0.5, 0.6) is 0 Å². The molecule has 0 aliphatic heterocycles. The van der Waals surface area contributed by atoms with Gasteiger partial charge in [-0.1, -0.05) is 0 Å². The maximum Gasteiger partial charge on any atom is 0.191 e. The van der Waals surface area contributed by atoms with Gasteiger partial charge in [0.05, 0.1) is 6.57 Å². The number of nitrogen functional groups attached to an aromatic ring is 2. The molecule has 1 aromatic carbocycles. The second kappa shape index (κ2) is 2.28. The maximum absolute atomic E-state index is 6.65. The third kappa shape index (κ3) is 1.17. The molecule has 0 bridgehead atoms. The second-order valence-electron chi connectivity index (χ2n) is 1.97. The average molecular weight is 133 g/mol. The quantitative estimate of drug-likeness (QED) is 0.415. The van der Waals surface area contributed by atoms with Crippen molar-refractivity contribution in [1.29, 1.82) is 0 Å². The molecule has 0 aliphatic rings. The van der Waals surface area contributed by atoms with Crippen LogP contribution in [0.3, 0.4) is 0 Å². The van der Waals surface area contributed by atoms with Crippen molar-refractivity contribution in [2.45, 2.75) is 0 Å². The number of anilines is 2. The van der Waals surface area contributed by atoms with E-state index in [1.807, 2.05) is 0 Å². The van der Waals surface area contributed by atoms with Crippen LogP contribution < -0.4 is 11.5 Å². The summed E-state index contributed by atoms with van der Waals surface area (Å²) in [5.74, 6) is 0. The zero-order chi connectivity index (χ0) is 7.56. The molecule has 1 rings (SSSR count). The van der Waals surface area contributed by atoms with Crippen molar-refractivity contribution in [3.8, 4) is 0 Å². The van der Waals surface area contributed by atoms with Gasteiger partial charge in [-0.25, -0.2) is 4.85 Å². The zero-order valence-electron chi connectivity index (χ0n) is 5.33. The number of benzene rings is 1. The number of hydrogen-bond acceptors (Lipinski definition) is 2. The predicted octanol–water partition coefficient (Wildman–Crippen LogP) is 1.40. The number of rotatable bonds is 0. The first-order valence-corrected chi connectivity index (χ1v) is 2.76. The van der Waals surface area contributed by atoms with Gasteiger partial charge in [-0.15, -0.1) is 0 Å². The van der Waals surface area contributed by atoms with E-state index in [1.54, 1.807) is 18.2 Å². The number of nitrogens with two attached hydrogens (primary N) is 2. The third-order valence-electron chi connectivity index (χ3n) is 1.09. The minimum atomic E-state index is 0.484. The summed E-state index contributed by atoms with van der Waals surface area (Å²) < 4.78 is 0. The van der Waals surface area contributed by atoms with Crippen molar-refractivity contribution in [2.24, 2.45) is 0 Å². The lowest BCUT2D eigenvalue weighted by molar-refractivity contribution is 1.67. The molecule has 0 amide bonds. The topological polar surface area (TPSA) is 56.4 Å². The summed E-state index contributed by atoms with van der Waals surface area (Å²) in [4.78, 5) is 3.18. The summed E-state index contributed by atoms with van der Waals surface area (Å²) in [6.45, 7) is 6.65. The molecule has 0 heterocycles. The molecule has 4 N–H and O–H groups in total. The molecular weight excluding hydrogens is 126 g/mol. The fourth-order valence-electron chi connectivity index (χ4n) is 0.724. The molecule has 3 nitrogen and oxygen atoms in total. The van der Waals surface area contributed by atoms with Crippen LogP contribution in [0.25, 0.3) is 4.85 Å². The van der Waals surface area contributed by atoms with Crippen LogP contribution in [0, 0.1) is 6.57 Å². The zero-order valence-corrected chi connectivity index (χ0v) is 5.33. The van der Waals surface area contributed by atoms with Crippen molar-refractivity contribution >= 4 is 17.1 Å². The molecule has 0 atom stereocenters. The molecule has 10 heavy (non-hydrogen) atoms. The summed E-state index contributed by atoms with van der Waals surface area (Å²) in [5.41, 5.74) is 12.4. The Hall–Kier alpha value is -1.69. The van der Waals surface area contributed by atoms with Gasteiger partial charge in [-0.2, -0.15) is 0 Å². The summed E-state index contributed by atoms with van der Waals surface area (Å²) >= 11 is 0. The Labute approximate surface area is 59.1 Å². The first-order chi connectivity index (χ1) is 4.72. The van der Waals surface area contributed by atoms with Crippen LogP contribution in [0.1, 0.15) is 0 Å². The highest BCUT2D eigenvalue weighted by Crippen LogP contribution is 2.19. The lowest BCUT2D eigenvalue weighted by atomic mass is 10.2. The van der Waals surface area contributed by atoms with E-state index in [4.69, 9.17) is 18.0 Å². The normalized spacial score (nSPS) is 8.70. The Balaban J connectivity index is 3.22. The van der Waals surface area contributed by atoms with Gasteiger partial charge in [-0.3, -0.25) is 0 Å². The smallest absolute Gasteiger partial charge is 0.191 e. The van der Waals surface area contributed by atoms with E-state index >= 15 is 0 Å². The highest BCUT2D eigenvalue weighted by molar-refractivity contribution is 5.64. The molecule has 0 unspecified atom stereocenters. The van der Waals surface area contributed by atoms with Crippen molar-refractivity contribution < 1.29 is 0 Å². The van der Waals surface area contributed by atoms with Crippen LogP contribution in [-0.4, -0.2) is 0 Å². The number of nitrogens with zero attached hydrogens (tertiary/aromatic N) is 1. The Morgan fingerprint density at radius 2 is 1.60 bits per heavy atom. The van der Waals surface area contributed by atoms with E-state index in [2.05, 4.69) is 4.85 Å². The van der Waals surface area contributed by atoms with Crippen LogP contribution in [0.15, 0.2) is 18.2 Å². The highest BCUT2D eigenvalue weighted by atomic mass is 14.7. The van der Waals surface area contributed by atoms with Crippen LogP contribution >= 0.6 is 0 Å². The lowest BCUT2D eigenvalue weighted by Crippen LogP contribution is -1.88. The molecule has 0 aromatic heterocycles. The van der Waals surface area contributed by atoms with Gasteiger partial charge >= 0.3 is 0 Å². The molecule has 50 valence electrons. The Kier molecular flexibility index (Phi) is 1.46. The highest BCUT2D eigenvalue weighted by Gasteiger charge is 1.92. The molecule has 0 fully saturated rings. The van der Waals surface area contributed by atoms with E-state index in [0.717, 1.165) is 0 Å². The Bertz CT molecular complexity index is 265. The number of hydrogen-bond donors (Lipinski definition) is 2. The van der Waals surface area contributed by atoms with E-state index in [-0.39, 0.29) is 0 Å². The van der Waals surface area contributed by atoms with Gasteiger partial charge in [0.25, 0.3) is 0 Å². The molecular formula is C7H7N3. The van der Waals surface area contributed by atoms with Crippen LogP contribution in [0.2, 0.25) is 0 Å². The monoisotopic (exact) mass is 133 g/mol. The van der Waals surface area contributed by atoms with Gasteiger partial charge < -0.3 is 11.5 Å². The van der Waals surface area contributed by atoms with Crippen LogP contribution in [-0.2, 0) is 0 Å². The van der Waals surface area contributed by atoms with E-state index in [0.29, 0.717) is 17.1 Å². The van der Waals surface area contributed by atoms with Gasteiger partial charge in [0, 0.05) is 11.4 Å². The summed E-state index contributed by atoms with van der Waals surface area (Å²) in [5, 5.41) is 0. The summed E-state index contributed by atoms with van der Waals surface area (Å²) in [6.07, 6.45) is 0. The SMILES string of the molecule is [C-]#[N+]c1cc(N)cc(N)c1. The minimum absolute atomic E-state index is 0.484. The van der Waals surface area contributed by atoms with E-state index in [9.17, 15) is 0 Å². The van der Waals surface area contributed by atoms with Crippen molar-refractivity contribution in [3.63, 3.8) is 0 Å². The maximum atomic E-state index is 6.65. The van der Waals surface area contributed by atoms with Gasteiger partial charge in [-0.05, 0) is 18.2 Å². The van der Waals surface area contributed by atoms with Crippen molar-refractivity contribution in [3.05, 3.63) is 29.6 Å². The van der Waals surface area contributed by atoms with Crippen molar-refractivity contribution in [2.75, 3.05) is 11.5 Å². The fourth-order valence-corrected chi connectivity index (χ4v) is 0.724. The summed E-state index contributed by atoms with van der Waals surface area (Å²) in [7, 11) is 0. The van der Waals surface area contributed by atoms with Gasteiger partial charge in [0.1, 0.15) is 0 Å². The average Bonchev–Trinajstić information content (AvgIpc) is 1.85. The Morgan fingerprint density at radius 3 is 2.00 bits per heavy atom. The minimum Gasteiger partial charge on any atom is -0.400 e. The Morgan fingerprint density at radius 1 is 1.10 bits per heavy atom. The molecule has 0 spiro atoms. The standard InChI is InChI=1S/C7H7N3/c1-10-7-3-5(8)2-6(9)4-7/h2-4H,8-9H2. The lowest BCUT2D eigenvalue weighted by Gasteiger charge is -1.95. The predicted molar refractivity (Wildman–Crippen MR) is 41.5 cm³/mol. The molecule has 0 saturated heterocycles. The molecule has 1 aromatic rings. The summed E-state index contributed by atoms with van der Waals surface area (Å²) in [6, 6.07) is 4.79. The molecule has 3 heteroatoms. The molecule has 0 aliphatic carbocycles. The van der Waals surface area contributed by atoms with E-state index in [1.165, 1.54) is 0 Å². The van der Waals surface area contributed by atoms with Gasteiger partial charge in [0.15, 0.2) is 5.69 Å². The second-order valence-corrected chi connectivity index (χ2v) is 1.97.